The van der Waals surface area contributed by atoms with Crippen LogP contribution in [-0.2, 0) is 4.74 Å². The fourth-order valence-electron chi connectivity index (χ4n) is 2.03. The van der Waals surface area contributed by atoms with E-state index < -0.39 is 0 Å². The molecule has 0 fully saturated rings. The number of hydrogen-bond acceptors (Lipinski definition) is 3. The van der Waals surface area contributed by atoms with Gasteiger partial charge in [-0.05, 0) is 29.8 Å². The van der Waals surface area contributed by atoms with Crippen LogP contribution in [0.15, 0.2) is 59.6 Å². The summed E-state index contributed by atoms with van der Waals surface area (Å²) < 4.78 is 10.6. The Labute approximate surface area is 130 Å². The van der Waals surface area contributed by atoms with Crippen molar-refractivity contribution in [3.8, 4) is 5.75 Å². The molecule has 2 rings (SSSR count). The molecule has 0 aliphatic rings. The first-order chi connectivity index (χ1) is 10.7. The number of rotatable bonds is 6. The van der Waals surface area contributed by atoms with Gasteiger partial charge in [0.15, 0.2) is 5.96 Å². The maximum absolute atomic E-state index is 5.91. The van der Waals surface area contributed by atoms with Gasteiger partial charge in [0.05, 0.1) is 13.7 Å². The first-order valence-corrected chi connectivity index (χ1v) is 7.01. The molecule has 0 saturated heterocycles. The molecule has 2 aromatic rings. The molecule has 0 amide bonds. The summed E-state index contributed by atoms with van der Waals surface area (Å²) in [4.78, 5) is 4.34. The zero-order chi connectivity index (χ0) is 15.8. The van der Waals surface area contributed by atoms with Gasteiger partial charge in [0.2, 0.25) is 0 Å². The molecule has 0 bridgehead atoms. The summed E-state index contributed by atoms with van der Waals surface area (Å²) in [6.45, 7) is 0.454. The van der Waals surface area contributed by atoms with Crippen LogP contribution >= 0.6 is 0 Å². The number of aliphatic imine (C=N–C) groups is 1. The summed E-state index contributed by atoms with van der Waals surface area (Å²) in [6, 6.07) is 17.4. The van der Waals surface area contributed by atoms with E-state index in [2.05, 4.69) is 10.3 Å². The number of methoxy groups -OCH3 is 2. The molecule has 2 aromatic carbocycles. The van der Waals surface area contributed by atoms with E-state index in [-0.39, 0.29) is 6.10 Å². The number of ether oxygens (including phenoxy) is 2. The van der Waals surface area contributed by atoms with Crippen molar-refractivity contribution < 1.29 is 9.47 Å². The molecule has 0 aromatic heterocycles. The van der Waals surface area contributed by atoms with Gasteiger partial charge in [0.1, 0.15) is 11.9 Å². The Hall–Kier alpha value is -2.53. The van der Waals surface area contributed by atoms with Crippen molar-refractivity contribution in [1.29, 1.82) is 0 Å². The molecule has 5 nitrogen and oxygen atoms in total. The summed E-state index contributed by atoms with van der Waals surface area (Å²) >= 11 is 0. The van der Waals surface area contributed by atoms with E-state index in [1.54, 1.807) is 14.2 Å². The maximum Gasteiger partial charge on any atom is 0.193 e. The third-order valence-corrected chi connectivity index (χ3v) is 3.25. The Morgan fingerprint density at radius 3 is 2.36 bits per heavy atom. The van der Waals surface area contributed by atoms with E-state index in [1.807, 2.05) is 54.6 Å². The van der Waals surface area contributed by atoms with Gasteiger partial charge in [-0.15, -0.1) is 0 Å². The fraction of sp³-hybridized carbons (Fsp3) is 0.235. The molecule has 3 N–H and O–H groups in total. The third kappa shape index (κ3) is 4.49. The molecule has 0 saturated carbocycles. The van der Waals surface area contributed by atoms with Crippen molar-refractivity contribution in [3.05, 3.63) is 60.2 Å². The predicted octanol–water partition coefficient (Wildman–Crippen LogP) is 2.81. The second-order valence-corrected chi connectivity index (χ2v) is 4.71. The number of nitrogens with zero attached hydrogens (tertiary/aromatic N) is 1. The highest BCUT2D eigenvalue weighted by Gasteiger charge is 2.09. The highest BCUT2D eigenvalue weighted by molar-refractivity contribution is 5.92. The van der Waals surface area contributed by atoms with E-state index in [4.69, 9.17) is 15.2 Å². The Morgan fingerprint density at radius 2 is 1.77 bits per heavy atom. The SMILES string of the molecule is COc1ccc(NC(N)=NC[C@@H](OC)c2ccccc2)cc1. The van der Waals surface area contributed by atoms with Crippen LogP contribution in [0.25, 0.3) is 0 Å². The standard InChI is InChI=1S/C17H21N3O2/c1-21-15-10-8-14(9-11-15)20-17(18)19-12-16(22-2)13-6-4-3-5-7-13/h3-11,16H,12H2,1-2H3,(H3,18,19,20)/t16-/m1/s1. The van der Waals surface area contributed by atoms with E-state index in [9.17, 15) is 0 Å². The van der Waals surface area contributed by atoms with Crippen molar-refractivity contribution in [2.45, 2.75) is 6.10 Å². The Morgan fingerprint density at radius 1 is 1.09 bits per heavy atom. The van der Waals surface area contributed by atoms with E-state index in [0.717, 1.165) is 17.0 Å². The molecular weight excluding hydrogens is 278 g/mol. The van der Waals surface area contributed by atoms with Gasteiger partial charge in [0, 0.05) is 12.8 Å². The second-order valence-electron chi connectivity index (χ2n) is 4.71. The molecule has 0 spiro atoms. The van der Waals surface area contributed by atoms with Gasteiger partial charge < -0.3 is 20.5 Å². The molecule has 0 aliphatic heterocycles. The first-order valence-electron chi connectivity index (χ1n) is 7.01. The lowest BCUT2D eigenvalue weighted by Gasteiger charge is -2.14. The van der Waals surface area contributed by atoms with Gasteiger partial charge in [-0.3, -0.25) is 4.99 Å². The molecule has 1 atom stereocenters. The molecule has 0 radical (unpaired) electrons. The van der Waals surface area contributed by atoms with Crippen LogP contribution in [0.4, 0.5) is 5.69 Å². The van der Waals surface area contributed by atoms with Gasteiger partial charge >= 0.3 is 0 Å². The van der Waals surface area contributed by atoms with Crippen LogP contribution in [0.3, 0.4) is 0 Å². The lowest BCUT2D eigenvalue weighted by molar-refractivity contribution is 0.111. The molecule has 22 heavy (non-hydrogen) atoms. The zero-order valence-electron chi connectivity index (χ0n) is 12.8. The van der Waals surface area contributed by atoms with Gasteiger partial charge in [-0.2, -0.15) is 0 Å². The van der Waals surface area contributed by atoms with E-state index in [0.29, 0.717) is 12.5 Å². The lowest BCUT2D eigenvalue weighted by atomic mass is 10.1. The average Bonchev–Trinajstić information content (AvgIpc) is 2.57. The number of guanidine groups is 1. The largest absolute Gasteiger partial charge is 0.497 e. The molecular formula is C17H21N3O2. The monoisotopic (exact) mass is 299 g/mol. The Balaban J connectivity index is 1.96. The minimum atomic E-state index is -0.114. The molecule has 0 heterocycles. The number of nitrogens with two attached hydrogens (primary N) is 1. The van der Waals surface area contributed by atoms with Crippen molar-refractivity contribution >= 4 is 11.6 Å². The molecule has 0 aliphatic carbocycles. The normalized spacial score (nSPS) is 12.7. The number of nitrogens with one attached hydrogen (secondary N) is 1. The maximum atomic E-state index is 5.91. The highest BCUT2D eigenvalue weighted by Crippen LogP contribution is 2.17. The van der Waals surface area contributed by atoms with Crippen molar-refractivity contribution in [2.75, 3.05) is 26.1 Å². The van der Waals surface area contributed by atoms with Crippen molar-refractivity contribution in [2.24, 2.45) is 10.7 Å². The number of anilines is 1. The summed E-state index contributed by atoms with van der Waals surface area (Å²) in [6.07, 6.45) is -0.114. The van der Waals surface area contributed by atoms with Crippen LogP contribution in [-0.4, -0.2) is 26.7 Å². The number of hydrogen-bond donors (Lipinski definition) is 2. The Bertz CT molecular complexity index is 597. The van der Waals surface area contributed by atoms with E-state index in [1.165, 1.54) is 0 Å². The zero-order valence-corrected chi connectivity index (χ0v) is 12.8. The minimum absolute atomic E-state index is 0.114. The topological polar surface area (TPSA) is 68.9 Å². The third-order valence-electron chi connectivity index (χ3n) is 3.25. The Kier molecular flexibility index (Phi) is 5.80. The van der Waals surface area contributed by atoms with Crippen LogP contribution in [0.2, 0.25) is 0 Å². The fourth-order valence-corrected chi connectivity index (χ4v) is 2.03. The molecule has 0 unspecified atom stereocenters. The number of benzene rings is 2. The minimum Gasteiger partial charge on any atom is -0.497 e. The summed E-state index contributed by atoms with van der Waals surface area (Å²) in [5.41, 5.74) is 7.84. The van der Waals surface area contributed by atoms with Crippen LogP contribution in [0, 0.1) is 0 Å². The quantitative estimate of drug-likeness (QED) is 0.635. The van der Waals surface area contributed by atoms with E-state index >= 15 is 0 Å². The lowest BCUT2D eigenvalue weighted by Crippen LogP contribution is -2.23. The second kappa shape index (κ2) is 8.05. The smallest absolute Gasteiger partial charge is 0.193 e. The van der Waals surface area contributed by atoms with Crippen LogP contribution in [0.5, 0.6) is 5.75 Å². The van der Waals surface area contributed by atoms with Crippen molar-refractivity contribution in [3.63, 3.8) is 0 Å². The van der Waals surface area contributed by atoms with Gasteiger partial charge in [-0.25, -0.2) is 0 Å². The predicted molar refractivity (Wildman–Crippen MR) is 89.3 cm³/mol. The average molecular weight is 299 g/mol. The summed E-state index contributed by atoms with van der Waals surface area (Å²) in [5.74, 6) is 1.15. The highest BCUT2D eigenvalue weighted by atomic mass is 16.5. The summed E-state index contributed by atoms with van der Waals surface area (Å²) in [5, 5.41) is 3.04. The van der Waals surface area contributed by atoms with Crippen LogP contribution < -0.4 is 15.8 Å². The molecule has 116 valence electrons. The van der Waals surface area contributed by atoms with Gasteiger partial charge in [-0.1, -0.05) is 30.3 Å². The molecule has 5 heteroatoms. The van der Waals surface area contributed by atoms with Crippen molar-refractivity contribution in [1.82, 2.24) is 0 Å². The summed E-state index contributed by atoms with van der Waals surface area (Å²) in [7, 11) is 3.30. The van der Waals surface area contributed by atoms with Crippen LogP contribution in [0.1, 0.15) is 11.7 Å². The van der Waals surface area contributed by atoms with Gasteiger partial charge in [0.25, 0.3) is 0 Å². The first kappa shape index (κ1) is 15.9.